The first-order chi connectivity index (χ1) is 15.1. The molecule has 1 aliphatic heterocycles. The number of benzene rings is 2. The fourth-order valence-corrected chi connectivity index (χ4v) is 3.49. The van der Waals surface area contributed by atoms with E-state index in [1.807, 2.05) is 54.3 Å². The van der Waals surface area contributed by atoms with Gasteiger partial charge in [0, 0.05) is 32.1 Å². The van der Waals surface area contributed by atoms with E-state index in [2.05, 4.69) is 5.32 Å². The highest BCUT2D eigenvalue weighted by Gasteiger charge is 2.20. The van der Waals surface area contributed by atoms with Crippen molar-refractivity contribution >= 4 is 17.9 Å². The normalized spacial score (nSPS) is 13.6. The molecule has 3 rings (SSSR count). The summed E-state index contributed by atoms with van der Waals surface area (Å²) >= 11 is 0. The molecule has 0 aromatic heterocycles. The van der Waals surface area contributed by atoms with Crippen LogP contribution in [0.2, 0.25) is 0 Å². The lowest BCUT2D eigenvalue weighted by Gasteiger charge is -2.18. The van der Waals surface area contributed by atoms with Crippen LogP contribution in [0.5, 0.6) is 11.5 Å². The fourth-order valence-electron chi connectivity index (χ4n) is 3.49. The van der Waals surface area contributed by atoms with Crippen molar-refractivity contribution in [3.8, 4) is 11.5 Å². The highest BCUT2D eigenvalue weighted by molar-refractivity contribution is 5.91. The van der Waals surface area contributed by atoms with Crippen molar-refractivity contribution in [2.45, 2.75) is 39.3 Å². The first-order valence-electron chi connectivity index (χ1n) is 10.7. The monoisotopic (exact) mass is 422 g/mol. The Morgan fingerprint density at radius 3 is 2.68 bits per heavy atom. The summed E-state index contributed by atoms with van der Waals surface area (Å²) in [6.45, 7) is 4.48. The van der Waals surface area contributed by atoms with Crippen molar-refractivity contribution in [1.82, 2.24) is 10.2 Å². The van der Waals surface area contributed by atoms with Crippen LogP contribution in [-0.4, -0.2) is 37.0 Å². The van der Waals surface area contributed by atoms with Crippen molar-refractivity contribution in [1.29, 1.82) is 0 Å². The van der Waals surface area contributed by atoms with Gasteiger partial charge in [-0.15, -0.1) is 0 Å². The molecule has 1 N–H and O–H groups in total. The topological polar surface area (TPSA) is 67.9 Å². The van der Waals surface area contributed by atoms with Gasteiger partial charge in [-0.2, -0.15) is 0 Å². The molecule has 1 fully saturated rings. The Bertz CT molecular complexity index is 939. The van der Waals surface area contributed by atoms with Crippen molar-refractivity contribution < 1.29 is 19.1 Å². The zero-order valence-electron chi connectivity index (χ0n) is 18.2. The molecule has 6 heteroatoms. The number of hydrogen-bond acceptors (Lipinski definition) is 4. The third-order valence-corrected chi connectivity index (χ3v) is 5.18. The number of ether oxygens (including phenoxy) is 2. The fraction of sp³-hybridized carbons (Fsp3) is 0.360. The van der Waals surface area contributed by atoms with Gasteiger partial charge in [-0.3, -0.25) is 9.59 Å². The van der Waals surface area contributed by atoms with E-state index in [1.165, 1.54) is 6.08 Å². The molecule has 1 saturated heterocycles. The minimum atomic E-state index is -0.183. The van der Waals surface area contributed by atoms with E-state index in [4.69, 9.17) is 9.47 Å². The molecule has 0 unspecified atom stereocenters. The molecule has 2 aromatic rings. The van der Waals surface area contributed by atoms with Crippen LogP contribution in [0.15, 0.2) is 48.5 Å². The second-order valence-electron chi connectivity index (χ2n) is 7.50. The van der Waals surface area contributed by atoms with Gasteiger partial charge in [0.1, 0.15) is 0 Å². The van der Waals surface area contributed by atoms with Gasteiger partial charge >= 0.3 is 0 Å². The predicted octanol–water partition coefficient (Wildman–Crippen LogP) is 3.94. The number of nitrogens with zero attached hydrogens (tertiary/aromatic N) is 1. The second-order valence-corrected chi connectivity index (χ2v) is 7.50. The lowest BCUT2D eigenvalue weighted by atomic mass is 10.1. The Morgan fingerprint density at radius 1 is 1.16 bits per heavy atom. The SMILES string of the molecule is CCCOc1ccc(/C=C/C(=O)NCc2ccccc2CN2CCCC2=O)cc1OC. The van der Waals surface area contributed by atoms with Crippen LogP contribution in [0.4, 0.5) is 0 Å². The van der Waals surface area contributed by atoms with Gasteiger partial charge < -0.3 is 19.7 Å². The third kappa shape index (κ3) is 6.35. The van der Waals surface area contributed by atoms with E-state index in [-0.39, 0.29) is 11.8 Å². The molecule has 0 bridgehead atoms. The number of nitrogens with one attached hydrogen (secondary N) is 1. The molecule has 1 aliphatic rings. The van der Waals surface area contributed by atoms with E-state index in [9.17, 15) is 9.59 Å². The molecule has 0 radical (unpaired) electrons. The van der Waals surface area contributed by atoms with Gasteiger partial charge in [0.15, 0.2) is 11.5 Å². The lowest BCUT2D eigenvalue weighted by Crippen LogP contribution is -2.26. The third-order valence-electron chi connectivity index (χ3n) is 5.18. The summed E-state index contributed by atoms with van der Waals surface area (Å²) in [6, 6.07) is 13.5. The van der Waals surface area contributed by atoms with Crippen LogP contribution >= 0.6 is 0 Å². The number of amides is 2. The molecule has 31 heavy (non-hydrogen) atoms. The molecule has 1 heterocycles. The maximum atomic E-state index is 12.3. The van der Waals surface area contributed by atoms with E-state index >= 15 is 0 Å². The maximum absolute atomic E-state index is 12.3. The zero-order valence-corrected chi connectivity index (χ0v) is 18.2. The lowest BCUT2D eigenvalue weighted by molar-refractivity contribution is -0.128. The number of hydrogen-bond donors (Lipinski definition) is 1. The molecule has 2 aromatic carbocycles. The zero-order chi connectivity index (χ0) is 22.1. The van der Waals surface area contributed by atoms with Crippen molar-refractivity contribution in [3.63, 3.8) is 0 Å². The summed E-state index contributed by atoms with van der Waals surface area (Å²) in [7, 11) is 1.60. The summed E-state index contributed by atoms with van der Waals surface area (Å²) in [6.07, 6.45) is 5.71. The predicted molar refractivity (Wildman–Crippen MR) is 121 cm³/mol. The van der Waals surface area contributed by atoms with E-state index < -0.39 is 0 Å². The van der Waals surface area contributed by atoms with Gasteiger partial charge in [0.05, 0.1) is 13.7 Å². The van der Waals surface area contributed by atoms with Crippen LogP contribution in [0.1, 0.15) is 42.9 Å². The molecular formula is C25H30N2O4. The molecule has 0 aliphatic carbocycles. The van der Waals surface area contributed by atoms with Crippen LogP contribution < -0.4 is 14.8 Å². The Hall–Kier alpha value is -3.28. The summed E-state index contributed by atoms with van der Waals surface area (Å²) in [4.78, 5) is 26.1. The largest absolute Gasteiger partial charge is 0.493 e. The molecular weight excluding hydrogens is 392 g/mol. The van der Waals surface area contributed by atoms with E-state index in [0.29, 0.717) is 37.6 Å². The van der Waals surface area contributed by atoms with Gasteiger partial charge in [-0.1, -0.05) is 37.3 Å². The van der Waals surface area contributed by atoms with Gasteiger partial charge in [0.2, 0.25) is 11.8 Å². The van der Waals surface area contributed by atoms with E-state index in [1.54, 1.807) is 13.2 Å². The molecule has 0 spiro atoms. The first-order valence-corrected chi connectivity index (χ1v) is 10.7. The quantitative estimate of drug-likeness (QED) is 0.589. The van der Waals surface area contributed by atoms with Gasteiger partial charge in [-0.05, 0) is 47.7 Å². The number of rotatable bonds is 10. The van der Waals surface area contributed by atoms with Crippen molar-refractivity contribution in [3.05, 3.63) is 65.2 Å². The second kappa shape index (κ2) is 11.2. The minimum absolute atomic E-state index is 0.183. The highest BCUT2D eigenvalue weighted by atomic mass is 16.5. The smallest absolute Gasteiger partial charge is 0.244 e. The Kier molecular flexibility index (Phi) is 8.10. The van der Waals surface area contributed by atoms with Crippen LogP contribution in [0.25, 0.3) is 6.08 Å². The van der Waals surface area contributed by atoms with Gasteiger partial charge in [0.25, 0.3) is 0 Å². The molecule has 0 atom stereocenters. The van der Waals surface area contributed by atoms with Gasteiger partial charge in [-0.25, -0.2) is 0 Å². The number of carbonyl (C=O) groups excluding carboxylic acids is 2. The number of methoxy groups -OCH3 is 1. The number of likely N-dealkylation sites (tertiary alicyclic amines) is 1. The van der Waals surface area contributed by atoms with Crippen LogP contribution in [0.3, 0.4) is 0 Å². The summed E-state index contributed by atoms with van der Waals surface area (Å²) < 4.78 is 11.0. The summed E-state index contributed by atoms with van der Waals surface area (Å²) in [5.74, 6) is 1.35. The number of carbonyl (C=O) groups is 2. The van der Waals surface area contributed by atoms with Crippen LogP contribution in [-0.2, 0) is 22.7 Å². The average Bonchev–Trinajstić information content (AvgIpc) is 3.20. The highest BCUT2D eigenvalue weighted by Crippen LogP contribution is 2.28. The van der Waals surface area contributed by atoms with Crippen LogP contribution in [0, 0.1) is 0 Å². The molecule has 164 valence electrons. The van der Waals surface area contributed by atoms with Crippen molar-refractivity contribution in [2.24, 2.45) is 0 Å². The summed E-state index contributed by atoms with van der Waals surface area (Å²) in [5, 5.41) is 2.93. The van der Waals surface area contributed by atoms with Crippen molar-refractivity contribution in [2.75, 3.05) is 20.3 Å². The minimum Gasteiger partial charge on any atom is -0.493 e. The first kappa shape index (κ1) is 22.4. The Balaban J connectivity index is 1.58. The molecule has 6 nitrogen and oxygen atoms in total. The standard InChI is InChI=1S/C25H30N2O4/c1-3-15-31-22-12-10-19(16-23(22)30-2)11-13-24(28)26-17-20-7-4-5-8-21(20)18-27-14-6-9-25(27)29/h4-5,7-8,10-13,16H,3,6,9,14-15,17-18H2,1-2H3,(H,26,28)/b13-11+. The molecule has 2 amide bonds. The Labute approximate surface area is 183 Å². The molecule has 0 saturated carbocycles. The van der Waals surface area contributed by atoms with E-state index in [0.717, 1.165) is 36.1 Å². The average molecular weight is 423 g/mol. The summed E-state index contributed by atoms with van der Waals surface area (Å²) in [5.41, 5.74) is 2.93. The maximum Gasteiger partial charge on any atom is 0.244 e. The Morgan fingerprint density at radius 2 is 1.97 bits per heavy atom.